The second-order valence-electron chi connectivity index (χ2n) is 5.82. The van der Waals surface area contributed by atoms with Crippen LogP contribution in [0.2, 0.25) is 0 Å². The summed E-state index contributed by atoms with van der Waals surface area (Å²) < 4.78 is 0. The van der Waals surface area contributed by atoms with Crippen LogP contribution in [0.1, 0.15) is 35.7 Å². The van der Waals surface area contributed by atoms with Crippen molar-refractivity contribution in [3.8, 4) is 23.3 Å². The number of anilines is 1. The molecule has 0 fully saturated rings. The Hall–Kier alpha value is -2.85. The third kappa shape index (κ3) is 2.29. The third-order valence-electron chi connectivity index (χ3n) is 4.25. The molecule has 0 spiro atoms. The van der Waals surface area contributed by atoms with Crippen LogP contribution in [-0.2, 0) is 12.8 Å². The van der Waals surface area contributed by atoms with Crippen LogP contribution in [0.5, 0.6) is 0 Å². The van der Waals surface area contributed by atoms with E-state index in [9.17, 15) is 5.26 Å². The summed E-state index contributed by atoms with van der Waals surface area (Å²) >= 11 is 0. The highest BCUT2D eigenvalue weighted by atomic mass is 14.9. The molecule has 2 N–H and O–H groups in total. The lowest BCUT2D eigenvalue weighted by Crippen LogP contribution is -2.16. The quantitative estimate of drug-likeness (QED) is 0.873. The number of hydrogen-bond donors (Lipinski definition) is 1. The highest BCUT2D eigenvalue weighted by Crippen LogP contribution is 2.37. The van der Waals surface area contributed by atoms with Crippen molar-refractivity contribution in [2.24, 2.45) is 5.92 Å². The number of pyridine rings is 1. The van der Waals surface area contributed by atoms with Crippen LogP contribution in [0.15, 0.2) is 24.3 Å². The van der Waals surface area contributed by atoms with Crippen molar-refractivity contribution in [3.63, 3.8) is 0 Å². The number of rotatable bonds is 1. The second-order valence-corrected chi connectivity index (χ2v) is 5.82. The summed E-state index contributed by atoms with van der Waals surface area (Å²) in [7, 11) is 0. The van der Waals surface area contributed by atoms with Gasteiger partial charge in [0.25, 0.3) is 0 Å². The Morgan fingerprint density at radius 3 is 2.55 bits per heavy atom. The topological polar surface area (TPSA) is 86.5 Å². The van der Waals surface area contributed by atoms with Gasteiger partial charge in [-0.1, -0.05) is 19.1 Å². The molecular formula is C18H16N4. The van der Waals surface area contributed by atoms with E-state index in [4.69, 9.17) is 11.0 Å². The van der Waals surface area contributed by atoms with E-state index < -0.39 is 0 Å². The largest absolute Gasteiger partial charge is 0.383 e. The van der Waals surface area contributed by atoms with Gasteiger partial charge in [0, 0.05) is 11.3 Å². The molecule has 0 bridgehead atoms. The standard InChI is InChI=1S/C18H16N4/c1-11-2-7-16-14(8-11)17(15(10-20)18(21)22-16)13-5-3-12(9-19)4-6-13/h3-6,11H,2,7-8H2,1H3,(H2,21,22). The van der Waals surface area contributed by atoms with Gasteiger partial charge in [0.2, 0.25) is 0 Å². The van der Waals surface area contributed by atoms with E-state index >= 15 is 0 Å². The van der Waals surface area contributed by atoms with E-state index in [0.29, 0.717) is 22.9 Å². The number of benzene rings is 1. The zero-order valence-corrected chi connectivity index (χ0v) is 12.4. The Bertz CT molecular complexity index is 807. The summed E-state index contributed by atoms with van der Waals surface area (Å²) in [6.45, 7) is 2.22. The lowest BCUT2D eigenvalue weighted by Gasteiger charge is -2.25. The fourth-order valence-electron chi connectivity index (χ4n) is 3.10. The summed E-state index contributed by atoms with van der Waals surface area (Å²) in [5.74, 6) is 0.872. The fraction of sp³-hybridized carbons (Fsp3) is 0.278. The molecule has 1 aliphatic rings. The summed E-state index contributed by atoms with van der Waals surface area (Å²) in [6.07, 6.45) is 2.90. The Balaban J connectivity index is 2.26. The molecule has 4 nitrogen and oxygen atoms in total. The number of fused-ring (bicyclic) bond motifs is 1. The minimum Gasteiger partial charge on any atom is -0.383 e. The maximum atomic E-state index is 9.51. The molecule has 1 aromatic carbocycles. The Kier molecular flexibility index (Phi) is 3.53. The third-order valence-corrected chi connectivity index (χ3v) is 4.25. The van der Waals surface area contributed by atoms with Gasteiger partial charge >= 0.3 is 0 Å². The Labute approximate surface area is 129 Å². The molecule has 0 saturated heterocycles. The molecule has 3 rings (SSSR count). The van der Waals surface area contributed by atoms with E-state index in [1.54, 1.807) is 12.1 Å². The van der Waals surface area contributed by atoms with Gasteiger partial charge in [-0.3, -0.25) is 0 Å². The minimum atomic E-state index is 0.301. The molecule has 22 heavy (non-hydrogen) atoms. The number of aromatic nitrogens is 1. The van der Waals surface area contributed by atoms with Gasteiger partial charge in [0.15, 0.2) is 0 Å². The van der Waals surface area contributed by atoms with Crippen LogP contribution >= 0.6 is 0 Å². The molecule has 0 saturated carbocycles. The zero-order chi connectivity index (χ0) is 15.7. The van der Waals surface area contributed by atoms with E-state index in [2.05, 4.69) is 24.0 Å². The highest BCUT2D eigenvalue weighted by molar-refractivity contribution is 5.79. The van der Waals surface area contributed by atoms with E-state index in [-0.39, 0.29) is 0 Å². The van der Waals surface area contributed by atoms with E-state index in [1.807, 2.05) is 12.1 Å². The van der Waals surface area contributed by atoms with Crippen molar-refractivity contribution >= 4 is 5.82 Å². The van der Waals surface area contributed by atoms with Crippen molar-refractivity contribution in [2.75, 3.05) is 5.73 Å². The number of nitrogens with two attached hydrogens (primary N) is 1. The molecule has 0 radical (unpaired) electrons. The van der Waals surface area contributed by atoms with Crippen molar-refractivity contribution < 1.29 is 0 Å². The van der Waals surface area contributed by atoms with Crippen LogP contribution in [0.25, 0.3) is 11.1 Å². The van der Waals surface area contributed by atoms with Gasteiger partial charge < -0.3 is 5.73 Å². The number of nitrogens with zero attached hydrogens (tertiary/aromatic N) is 3. The van der Waals surface area contributed by atoms with Gasteiger partial charge in [-0.2, -0.15) is 10.5 Å². The number of nitrogen functional groups attached to an aromatic ring is 1. The number of nitriles is 2. The minimum absolute atomic E-state index is 0.301. The maximum Gasteiger partial charge on any atom is 0.142 e. The molecule has 108 valence electrons. The van der Waals surface area contributed by atoms with Gasteiger partial charge in [-0.05, 0) is 48.4 Å². The molecule has 1 aromatic heterocycles. The monoisotopic (exact) mass is 288 g/mol. The smallest absolute Gasteiger partial charge is 0.142 e. The fourth-order valence-corrected chi connectivity index (χ4v) is 3.10. The van der Waals surface area contributed by atoms with Crippen LogP contribution < -0.4 is 5.73 Å². The van der Waals surface area contributed by atoms with Crippen LogP contribution in [0.3, 0.4) is 0 Å². The van der Waals surface area contributed by atoms with Crippen molar-refractivity contribution in [1.29, 1.82) is 10.5 Å². The van der Waals surface area contributed by atoms with Gasteiger partial charge in [0.05, 0.1) is 11.6 Å². The van der Waals surface area contributed by atoms with Crippen LogP contribution in [0.4, 0.5) is 5.82 Å². The first-order valence-corrected chi connectivity index (χ1v) is 7.36. The molecule has 4 heteroatoms. The molecule has 1 unspecified atom stereocenters. The predicted molar refractivity (Wildman–Crippen MR) is 84.7 cm³/mol. The zero-order valence-electron chi connectivity index (χ0n) is 12.4. The second kappa shape index (κ2) is 5.50. The maximum absolute atomic E-state index is 9.51. The number of aryl methyl sites for hydroxylation is 1. The lowest BCUT2D eigenvalue weighted by atomic mass is 9.82. The Morgan fingerprint density at radius 1 is 1.18 bits per heavy atom. The summed E-state index contributed by atoms with van der Waals surface area (Å²) in [5, 5.41) is 18.4. The SMILES string of the molecule is CC1CCc2nc(N)c(C#N)c(-c3ccc(C#N)cc3)c2C1. The summed E-state index contributed by atoms with van der Waals surface area (Å²) in [5.41, 5.74) is 11.0. The Morgan fingerprint density at radius 2 is 1.91 bits per heavy atom. The first kappa shape index (κ1) is 14.1. The summed E-state index contributed by atoms with van der Waals surface area (Å²) in [6, 6.07) is 11.6. The lowest BCUT2D eigenvalue weighted by molar-refractivity contribution is 0.495. The van der Waals surface area contributed by atoms with Crippen molar-refractivity contribution in [2.45, 2.75) is 26.2 Å². The average Bonchev–Trinajstić information content (AvgIpc) is 2.54. The summed E-state index contributed by atoms with van der Waals surface area (Å²) in [4.78, 5) is 4.44. The van der Waals surface area contributed by atoms with Gasteiger partial charge in [0.1, 0.15) is 17.5 Å². The van der Waals surface area contributed by atoms with E-state index in [1.165, 1.54) is 0 Å². The molecule has 1 heterocycles. The molecule has 1 atom stereocenters. The van der Waals surface area contributed by atoms with Gasteiger partial charge in [-0.15, -0.1) is 0 Å². The molecule has 0 amide bonds. The average molecular weight is 288 g/mol. The highest BCUT2D eigenvalue weighted by Gasteiger charge is 2.24. The first-order valence-electron chi connectivity index (χ1n) is 7.36. The normalized spacial score (nSPS) is 16.4. The molecule has 2 aromatic rings. The van der Waals surface area contributed by atoms with Gasteiger partial charge in [-0.25, -0.2) is 4.98 Å². The van der Waals surface area contributed by atoms with Crippen LogP contribution in [-0.4, -0.2) is 4.98 Å². The predicted octanol–water partition coefficient (Wildman–Crippen LogP) is 3.20. The first-order chi connectivity index (χ1) is 10.6. The van der Waals surface area contributed by atoms with Crippen molar-refractivity contribution in [1.82, 2.24) is 4.98 Å². The number of hydrogen-bond acceptors (Lipinski definition) is 4. The van der Waals surface area contributed by atoms with Crippen molar-refractivity contribution in [3.05, 3.63) is 46.6 Å². The molecular weight excluding hydrogens is 272 g/mol. The van der Waals surface area contributed by atoms with E-state index in [0.717, 1.165) is 41.6 Å². The molecule has 0 aliphatic heterocycles. The van der Waals surface area contributed by atoms with Crippen LogP contribution in [0, 0.1) is 28.6 Å². The molecule has 1 aliphatic carbocycles.